The van der Waals surface area contributed by atoms with E-state index < -0.39 is 0 Å². The molecule has 19 heavy (non-hydrogen) atoms. The van der Waals surface area contributed by atoms with Gasteiger partial charge in [-0.25, -0.2) is 0 Å². The van der Waals surface area contributed by atoms with E-state index in [1.54, 1.807) is 0 Å². The van der Waals surface area contributed by atoms with Gasteiger partial charge in [-0.3, -0.25) is 4.90 Å². The van der Waals surface area contributed by atoms with E-state index in [2.05, 4.69) is 50.0 Å². The molecular weight excluding hydrogens is 236 g/mol. The van der Waals surface area contributed by atoms with Crippen molar-refractivity contribution >= 4 is 0 Å². The lowest BCUT2D eigenvalue weighted by Gasteiger charge is -2.26. The average Bonchev–Trinajstić information content (AvgIpc) is 2.95. The Balaban J connectivity index is 1.84. The predicted molar refractivity (Wildman–Crippen MR) is 78.9 cm³/mol. The number of nitrogens with zero attached hydrogens (tertiary/aromatic N) is 1. The summed E-state index contributed by atoms with van der Waals surface area (Å²) in [5.74, 6) is 2.95. The molecule has 1 aromatic rings. The second-order valence-electron chi connectivity index (χ2n) is 6.74. The van der Waals surface area contributed by atoms with Gasteiger partial charge in [-0.15, -0.1) is 0 Å². The highest BCUT2D eigenvalue weighted by Gasteiger charge is 2.31. The van der Waals surface area contributed by atoms with Crippen molar-refractivity contribution < 1.29 is 4.42 Å². The fourth-order valence-corrected chi connectivity index (χ4v) is 2.75. The lowest BCUT2D eigenvalue weighted by atomic mass is 9.80. The Morgan fingerprint density at radius 1 is 1.32 bits per heavy atom. The first-order valence-corrected chi connectivity index (χ1v) is 7.49. The molecule has 2 heterocycles. The lowest BCUT2D eigenvalue weighted by molar-refractivity contribution is 0.218. The molecule has 3 nitrogen and oxygen atoms in total. The maximum Gasteiger partial charge on any atom is 0.118 e. The molecule has 1 aliphatic heterocycles. The quantitative estimate of drug-likeness (QED) is 0.885. The summed E-state index contributed by atoms with van der Waals surface area (Å²) in [5.41, 5.74) is 0.425. The fraction of sp³-hybridized carbons (Fsp3) is 0.750. The molecule has 3 heteroatoms. The molecule has 1 unspecified atom stereocenters. The van der Waals surface area contributed by atoms with Crippen LogP contribution in [0, 0.1) is 11.3 Å². The summed E-state index contributed by atoms with van der Waals surface area (Å²) in [6, 6.07) is 4.21. The van der Waals surface area contributed by atoms with Crippen molar-refractivity contribution in [3.63, 3.8) is 0 Å². The molecule has 1 saturated heterocycles. The molecular formula is C16H28N2O. The molecule has 1 fully saturated rings. The minimum atomic E-state index is 0.425. The number of furan rings is 1. The molecule has 1 N–H and O–H groups in total. The largest absolute Gasteiger partial charge is 0.463 e. The first-order chi connectivity index (χ1) is 8.99. The van der Waals surface area contributed by atoms with Gasteiger partial charge >= 0.3 is 0 Å². The Morgan fingerprint density at radius 3 is 2.68 bits per heavy atom. The highest BCUT2D eigenvalue weighted by atomic mass is 16.3. The second kappa shape index (κ2) is 6.10. The van der Waals surface area contributed by atoms with Crippen molar-refractivity contribution in [3.05, 3.63) is 23.7 Å². The monoisotopic (exact) mass is 264 g/mol. The van der Waals surface area contributed by atoms with Crippen LogP contribution in [0.5, 0.6) is 0 Å². The SMILES string of the molecule is CCNCc1ccc(CN2CCC(C(C)(C)C)C2)o1. The molecule has 0 bridgehead atoms. The molecule has 1 atom stereocenters. The van der Waals surface area contributed by atoms with E-state index >= 15 is 0 Å². The first-order valence-electron chi connectivity index (χ1n) is 7.49. The highest BCUT2D eigenvalue weighted by molar-refractivity contribution is 5.07. The minimum absolute atomic E-state index is 0.425. The maximum atomic E-state index is 5.86. The minimum Gasteiger partial charge on any atom is -0.463 e. The van der Waals surface area contributed by atoms with Crippen molar-refractivity contribution in [1.29, 1.82) is 0 Å². The third kappa shape index (κ3) is 4.08. The van der Waals surface area contributed by atoms with Crippen LogP contribution < -0.4 is 5.32 Å². The van der Waals surface area contributed by atoms with Crippen LogP contribution in [-0.4, -0.2) is 24.5 Å². The Labute approximate surface area is 117 Å². The number of nitrogens with one attached hydrogen (secondary N) is 1. The van der Waals surface area contributed by atoms with E-state index in [1.807, 2.05) is 0 Å². The molecule has 0 spiro atoms. The maximum absolute atomic E-state index is 5.86. The summed E-state index contributed by atoms with van der Waals surface area (Å²) in [5, 5.41) is 3.29. The molecule has 0 saturated carbocycles. The van der Waals surface area contributed by atoms with Gasteiger partial charge in [0.1, 0.15) is 11.5 Å². The standard InChI is InChI=1S/C16H28N2O/c1-5-17-10-14-6-7-15(19-14)12-18-9-8-13(11-18)16(2,3)4/h6-7,13,17H,5,8-12H2,1-4H3. The van der Waals surface area contributed by atoms with Crippen LogP contribution in [0.25, 0.3) is 0 Å². The van der Waals surface area contributed by atoms with Crippen molar-refractivity contribution in [2.75, 3.05) is 19.6 Å². The summed E-state index contributed by atoms with van der Waals surface area (Å²) >= 11 is 0. The third-order valence-corrected chi connectivity index (χ3v) is 4.14. The van der Waals surface area contributed by atoms with E-state index in [-0.39, 0.29) is 0 Å². The van der Waals surface area contributed by atoms with E-state index in [4.69, 9.17) is 4.42 Å². The molecule has 1 aromatic heterocycles. The number of hydrogen-bond acceptors (Lipinski definition) is 3. The van der Waals surface area contributed by atoms with Crippen LogP contribution in [0.1, 0.15) is 45.6 Å². The molecule has 108 valence electrons. The Hall–Kier alpha value is -0.800. The number of rotatable bonds is 5. The van der Waals surface area contributed by atoms with Crippen molar-refractivity contribution in [1.82, 2.24) is 10.2 Å². The zero-order valence-corrected chi connectivity index (χ0v) is 12.8. The smallest absolute Gasteiger partial charge is 0.118 e. The number of hydrogen-bond donors (Lipinski definition) is 1. The normalized spacial score (nSPS) is 21.2. The lowest BCUT2D eigenvalue weighted by Crippen LogP contribution is -2.25. The van der Waals surface area contributed by atoms with Crippen LogP contribution >= 0.6 is 0 Å². The van der Waals surface area contributed by atoms with Gasteiger partial charge < -0.3 is 9.73 Å². The summed E-state index contributed by atoms with van der Waals surface area (Å²) in [7, 11) is 0. The van der Waals surface area contributed by atoms with Crippen LogP contribution in [0.15, 0.2) is 16.5 Å². The van der Waals surface area contributed by atoms with Gasteiger partial charge in [-0.1, -0.05) is 27.7 Å². The van der Waals surface area contributed by atoms with Crippen LogP contribution in [-0.2, 0) is 13.1 Å². The molecule has 0 amide bonds. The summed E-state index contributed by atoms with van der Waals surface area (Å²) in [6.07, 6.45) is 1.31. The number of likely N-dealkylation sites (tertiary alicyclic amines) is 1. The fourth-order valence-electron chi connectivity index (χ4n) is 2.75. The Morgan fingerprint density at radius 2 is 2.05 bits per heavy atom. The average molecular weight is 264 g/mol. The van der Waals surface area contributed by atoms with Crippen molar-refractivity contribution in [2.24, 2.45) is 11.3 Å². The van der Waals surface area contributed by atoms with E-state index in [9.17, 15) is 0 Å². The highest BCUT2D eigenvalue weighted by Crippen LogP contribution is 2.34. The zero-order chi connectivity index (χ0) is 13.9. The molecule has 0 aliphatic carbocycles. The van der Waals surface area contributed by atoms with Gasteiger partial charge in [-0.05, 0) is 43.0 Å². The van der Waals surface area contributed by atoms with E-state index in [0.29, 0.717) is 5.41 Å². The summed E-state index contributed by atoms with van der Waals surface area (Å²) < 4.78 is 5.86. The van der Waals surface area contributed by atoms with Crippen molar-refractivity contribution in [2.45, 2.75) is 47.2 Å². The van der Waals surface area contributed by atoms with Gasteiger partial charge in [0.2, 0.25) is 0 Å². The van der Waals surface area contributed by atoms with Gasteiger partial charge in [0.15, 0.2) is 0 Å². The van der Waals surface area contributed by atoms with Crippen molar-refractivity contribution in [3.8, 4) is 0 Å². The van der Waals surface area contributed by atoms with E-state index in [1.165, 1.54) is 19.5 Å². The Bertz CT molecular complexity index is 392. The molecule has 2 rings (SSSR count). The molecule has 1 aliphatic rings. The van der Waals surface area contributed by atoms with Crippen LogP contribution in [0.3, 0.4) is 0 Å². The van der Waals surface area contributed by atoms with Gasteiger partial charge in [-0.2, -0.15) is 0 Å². The summed E-state index contributed by atoms with van der Waals surface area (Å²) in [6.45, 7) is 14.3. The third-order valence-electron chi connectivity index (χ3n) is 4.14. The van der Waals surface area contributed by atoms with E-state index in [0.717, 1.165) is 37.1 Å². The second-order valence-corrected chi connectivity index (χ2v) is 6.74. The Kier molecular flexibility index (Phi) is 4.69. The predicted octanol–water partition coefficient (Wildman–Crippen LogP) is 3.26. The zero-order valence-electron chi connectivity index (χ0n) is 12.8. The van der Waals surface area contributed by atoms with Crippen LogP contribution in [0.2, 0.25) is 0 Å². The van der Waals surface area contributed by atoms with Gasteiger partial charge in [0.25, 0.3) is 0 Å². The van der Waals surface area contributed by atoms with Crippen LogP contribution in [0.4, 0.5) is 0 Å². The van der Waals surface area contributed by atoms with Gasteiger partial charge in [0.05, 0.1) is 13.1 Å². The topological polar surface area (TPSA) is 28.4 Å². The molecule has 0 aromatic carbocycles. The summed E-state index contributed by atoms with van der Waals surface area (Å²) in [4.78, 5) is 2.52. The first kappa shape index (κ1) is 14.6. The van der Waals surface area contributed by atoms with Gasteiger partial charge in [0, 0.05) is 6.54 Å². The molecule has 0 radical (unpaired) electrons.